The molecule has 106 valence electrons. The van der Waals surface area contributed by atoms with Gasteiger partial charge in [-0.2, -0.15) is 0 Å². The minimum Gasteiger partial charge on any atom is -0.459 e. The van der Waals surface area contributed by atoms with Crippen molar-refractivity contribution in [2.75, 3.05) is 5.32 Å². The second-order valence-corrected chi connectivity index (χ2v) is 5.45. The third-order valence-corrected chi connectivity index (χ3v) is 3.74. The molecule has 5 heteroatoms. The van der Waals surface area contributed by atoms with E-state index in [1.54, 1.807) is 24.3 Å². The molecule has 1 amide bonds. The number of rotatable bonds is 2. The molecule has 0 bridgehead atoms. The number of furan rings is 1. The van der Waals surface area contributed by atoms with Crippen molar-refractivity contribution in [3.63, 3.8) is 0 Å². The van der Waals surface area contributed by atoms with Gasteiger partial charge in [0.05, 0.1) is 21.3 Å². The van der Waals surface area contributed by atoms with Gasteiger partial charge in [0.25, 0.3) is 5.91 Å². The average Bonchev–Trinajstić information content (AvgIpc) is 2.80. The Morgan fingerprint density at radius 2 is 1.76 bits per heavy atom. The number of benzene rings is 2. The first kappa shape index (κ1) is 14.0. The average molecular weight is 320 g/mol. The number of halogens is 2. The molecule has 0 atom stereocenters. The molecule has 3 aromatic rings. The first-order valence-electron chi connectivity index (χ1n) is 6.31. The van der Waals surface area contributed by atoms with Gasteiger partial charge in [-0.1, -0.05) is 41.4 Å². The van der Waals surface area contributed by atoms with Crippen LogP contribution in [0, 0.1) is 6.92 Å². The lowest BCUT2D eigenvalue weighted by molar-refractivity contribution is 0.102. The summed E-state index contributed by atoms with van der Waals surface area (Å²) < 4.78 is 5.62. The Morgan fingerprint density at radius 1 is 1.10 bits per heavy atom. The summed E-state index contributed by atoms with van der Waals surface area (Å²) in [5.41, 5.74) is 1.47. The lowest BCUT2D eigenvalue weighted by atomic mass is 10.2. The van der Waals surface area contributed by atoms with Crippen LogP contribution in [-0.4, -0.2) is 5.91 Å². The number of hydrogen-bond donors (Lipinski definition) is 1. The molecule has 0 saturated heterocycles. The predicted octanol–water partition coefficient (Wildman–Crippen LogP) is 5.30. The zero-order chi connectivity index (χ0) is 15.0. The van der Waals surface area contributed by atoms with Gasteiger partial charge in [-0.3, -0.25) is 4.79 Å². The van der Waals surface area contributed by atoms with Gasteiger partial charge in [0.2, 0.25) is 0 Å². The molecule has 1 aromatic heterocycles. The molecule has 2 aromatic carbocycles. The van der Waals surface area contributed by atoms with E-state index in [1.165, 1.54) is 0 Å². The number of hydrogen-bond acceptors (Lipinski definition) is 2. The smallest absolute Gasteiger partial charge is 0.258 e. The van der Waals surface area contributed by atoms with Gasteiger partial charge in [-0.05, 0) is 31.2 Å². The SMILES string of the molecule is Cc1cc2cccc(NC(=O)c3c(Cl)cccc3Cl)c2o1. The molecule has 0 fully saturated rings. The number of carbonyl (C=O) groups excluding carboxylic acids is 1. The van der Waals surface area contributed by atoms with E-state index >= 15 is 0 Å². The van der Waals surface area contributed by atoms with Crippen molar-refractivity contribution in [1.82, 2.24) is 0 Å². The highest BCUT2D eigenvalue weighted by Gasteiger charge is 2.16. The van der Waals surface area contributed by atoms with Crippen LogP contribution in [0.1, 0.15) is 16.1 Å². The van der Waals surface area contributed by atoms with E-state index in [1.807, 2.05) is 25.1 Å². The number of aryl methyl sites for hydroxylation is 1. The minimum absolute atomic E-state index is 0.251. The van der Waals surface area contributed by atoms with Crippen LogP contribution >= 0.6 is 23.2 Å². The highest BCUT2D eigenvalue weighted by atomic mass is 35.5. The Kier molecular flexibility index (Phi) is 3.62. The van der Waals surface area contributed by atoms with E-state index < -0.39 is 0 Å². The number of nitrogens with one attached hydrogen (secondary N) is 1. The van der Waals surface area contributed by atoms with E-state index in [4.69, 9.17) is 27.6 Å². The molecule has 0 aliphatic heterocycles. The van der Waals surface area contributed by atoms with Crippen LogP contribution in [0.25, 0.3) is 11.0 Å². The molecule has 0 unspecified atom stereocenters. The second-order valence-electron chi connectivity index (χ2n) is 4.63. The van der Waals surface area contributed by atoms with Crippen LogP contribution in [0.3, 0.4) is 0 Å². The maximum Gasteiger partial charge on any atom is 0.258 e. The summed E-state index contributed by atoms with van der Waals surface area (Å²) in [5, 5.41) is 4.34. The largest absolute Gasteiger partial charge is 0.459 e. The molecule has 0 aliphatic rings. The summed E-state index contributed by atoms with van der Waals surface area (Å²) in [6.07, 6.45) is 0. The molecule has 0 spiro atoms. The van der Waals surface area contributed by atoms with E-state index in [-0.39, 0.29) is 11.5 Å². The van der Waals surface area contributed by atoms with Crippen molar-refractivity contribution in [2.24, 2.45) is 0 Å². The molecule has 3 nitrogen and oxygen atoms in total. The normalized spacial score (nSPS) is 10.8. The Balaban J connectivity index is 2.00. The maximum absolute atomic E-state index is 12.4. The topological polar surface area (TPSA) is 42.2 Å². The van der Waals surface area contributed by atoms with Crippen molar-refractivity contribution in [3.05, 3.63) is 63.8 Å². The van der Waals surface area contributed by atoms with Crippen molar-refractivity contribution in [2.45, 2.75) is 6.92 Å². The third kappa shape index (κ3) is 2.62. The van der Waals surface area contributed by atoms with Gasteiger partial charge in [0.15, 0.2) is 5.58 Å². The van der Waals surface area contributed by atoms with Crippen LogP contribution in [0.5, 0.6) is 0 Å². The van der Waals surface area contributed by atoms with Crippen molar-refractivity contribution < 1.29 is 9.21 Å². The van der Waals surface area contributed by atoms with Gasteiger partial charge in [0.1, 0.15) is 5.76 Å². The molecular formula is C16H11Cl2NO2. The van der Waals surface area contributed by atoms with Gasteiger partial charge >= 0.3 is 0 Å². The van der Waals surface area contributed by atoms with Gasteiger partial charge in [-0.15, -0.1) is 0 Å². The van der Waals surface area contributed by atoms with E-state index in [9.17, 15) is 4.79 Å². The fourth-order valence-corrected chi connectivity index (χ4v) is 2.76. The van der Waals surface area contributed by atoms with E-state index in [0.29, 0.717) is 21.3 Å². The lowest BCUT2D eigenvalue weighted by Crippen LogP contribution is -2.13. The lowest BCUT2D eigenvalue weighted by Gasteiger charge is -2.08. The van der Waals surface area contributed by atoms with Gasteiger partial charge in [0, 0.05) is 5.39 Å². The number of carbonyl (C=O) groups is 1. The summed E-state index contributed by atoms with van der Waals surface area (Å²) in [6, 6.07) is 12.4. The Hall–Kier alpha value is -1.97. The fraction of sp³-hybridized carbons (Fsp3) is 0.0625. The van der Waals surface area contributed by atoms with Crippen LogP contribution in [0.15, 0.2) is 46.9 Å². The zero-order valence-electron chi connectivity index (χ0n) is 11.1. The molecule has 1 N–H and O–H groups in total. The molecule has 0 aliphatic carbocycles. The van der Waals surface area contributed by atoms with E-state index in [2.05, 4.69) is 5.32 Å². The maximum atomic E-state index is 12.4. The van der Waals surface area contributed by atoms with Gasteiger partial charge < -0.3 is 9.73 Å². The molecule has 0 saturated carbocycles. The van der Waals surface area contributed by atoms with Crippen LogP contribution < -0.4 is 5.32 Å². The molecule has 1 heterocycles. The van der Waals surface area contributed by atoms with Crippen molar-refractivity contribution in [1.29, 1.82) is 0 Å². The molecule has 21 heavy (non-hydrogen) atoms. The summed E-state index contributed by atoms with van der Waals surface area (Å²) in [4.78, 5) is 12.4. The number of para-hydroxylation sites is 1. The monoisotopic (exact) mass is 319 g/mol. The Labute approximate surface area is 131 Å². The van der Waals surface area contributed by atoms with Crippen molar-refractivity contribution >= 4 is 45.8 Å². The number of amides is 1. The highest BCUT2D eigenvalue weighted by Crippen LogP contribution is 2.29. The van der Waals surface area contributed by atoms with Crippen LogP contribution in [0.2, 0.25) is 10.0 Å². The Morgan fingerprint density at radius 3 is 2.48 bits per heavy atom. The van der Waals surface area contributed by atoms with Gasteiger partial charge in [-0.25, -0.2) is 0 Å². The summed E-state index contributed by atoms with van der Waals surface area (Å²) in [7, 11) is 0. The number of fused-ring (bicyclic) bond motifs is 1. The number of anilines is 1. The molecular weight excluding hydrogens is 309 g/mol. The highest BCUT2D eigenvalue weighted by molar-refractivity contribution is 6.40. The third-order valence-electron chi connectivity index (χ3n) is 3.11. The van der Waals surface area contributed by atoms with Crippen molar-refractivity contribution in [3.8, 4) is 0 Å². The fourth-order valence-electron chi connectivity index (χ4n) is 2.19. The second kappa shape index (κ2) is 5.43. The quantitative estimate of drug-likeness (QED) is 0.696. The zero-order valence-corrected chi connectivity index (χ0v) is 12.6. The predicted molar refractivity (Wildman–Crippen MR) is 85.4 cm³/mol. The van der Waals surface area contributed by atoms with E-state index in [0.717, 1.165) is 11.1 Å². The minimum atomic E-state index is -0.368. The first-order chi connectivity index (χ1) is 10.1. The molecule has 0 radical (unpaired) electrons. The summed E-state index contributed by atoms with van der Waals surface area (Å²) in [6.45, 7) is 1.86. The standard InChI is InChI=1S/C16H11Cl2NO2/c1-9-8-10-4-2-7-13(15(10)21-9)19-16(20)14-11(17)5-3-6-12(14)18/h2-8H,1H3,(H,19,20). The molecule has 3 rings (SSSR count). The first-order valence-corrected chi connectivity index (χ1v) is 7.06. The van der Waals surface area contributed by atoms with Crippen LogP contribution in [0.4, 0.5) is 5.69 Å². The Bertz CT molecular complexity index is 819. The summed E-state index contributed by atoms with van der Waals surface area (Å²) >= 11 is 12.1. The summed E-state index contributed by atoms with van der Waals surface area (Å²) in [5.74, 6) is 0.412. The van der Waals surface area contributed by atoms with Crippen LogP contribution in [-0.2, 0) is 0 Å².